The minimum absolute atomic E-state index is 0.0602. The van der Waals surface area contributed by atoms with Crippen molar-refractivity contribution >= 4 is 11.6 Å². The fourth-order valence-corrected chi connectivity index (χ4v) is 2.82. The van der Waals surface area contributed by atoms with Gasteiger partial charge in [-0.3, -0.25) is 4.79 Å². The second-order valence-corrected chi connectivity index (χ2v) is 7.34. The zero-order valence-electron chi connectivity index (χ0n) is 14.6. The lowest BCUT2D eigenvalue weighted by molar-refractivity contribution is -0.125. The quantitative estimate of drug-likeness (QED) is 0.892. The van der Waals surface area contributed by atoms with E-state index in [0.717, 1.165) is 37.4 Å². The number of hydrogen-bond donors (Lipinski definition) is 2. The molecular formula is C18H29N3O2. The van der Waals surface area contributed by atoms with Gasteiger partial charge in [-0.1, -0.05) is 26.8 Å². The molecule has 1 unspecified atom stereocenters. The van der Waals surface area contributed by atoms with Crippen molar-refractivity contribution in [3.63, 3.8) is 0 Å². The molecule has 3 N–H and O–H groups in total. The molecule has 0 saturated carbocycles. The molecule has 23 heavy (non-hydrogen) atoms. The lowest BCUT2D eigenvalue weighted by atomic mass is 9.86. The van der Waals surface area contributed by atoms with Crippen LogP contribution in [0.4, 0.5) is 5.69 Å². The normalized spacial score (nSPS) is 20.0. The van der Waals surface area contributed by atoms with Crippen LogP contribution in [0, 0.1) is 5.41 Å². The van der Waals surface area contributed by atoms with Gasteiger partial charge in [0.2, 0.25) is 5.91 Å². The predicted octanol–water partition coefficient (Wildman–Crippen LogP) is 2.15. The smallest absolute Gasteiger partial charge is 0.237 e. The molecule has 5 nitrogen and oxygen atoms in total. The van der Waals surface area contributed by atoms with E-state index in [4.69, 9.17) is 10.5 Å². The van der Waals surface area contributed by atoms with Crippen molar-refractivity contribution < 1.29 is 9.53 Å². The zero-order chi connectivity index (χ0) is 17.0. The maximum absolute atomic E-state index is 12.3. The predicted molar refractivity (Wildman–Crippen MR) is 93.8 cm³/mol. The van der Waals surface area contributed by atoms with Crippen LogP contribution in [-0.2, 0) is 4.79 Å². The number of hydrogen-bond acceptors (Lipinski definition) is 4. The molecule has 1 aliphatic rings. The van der Waals surface area contributed by atoms with E-state index < -0.39 is 6.04 Å². The fraction of sp³-hybridized carbons (Fsp3) is 0.611. The molecule has 1 heterocycles. The number of nitrogens with zero attached hydrogens (tertiary/aromatic N) is 1. The maximum atomic E-state index is 12.3. The lowest BCUT2D eigenvalue weighted by Gasteiger charge is -2.36. The van der Waals surface area contributed by atoms with Gasteiger partial charge in [0.05, 0.1) is 13.2 Å². The van der Waals surface area contributed by atoms with E-state index in [1.807, 2.05) is 39.0 Å². The molecule has 1 aromatic rings. The third-order valence-corrected chi connectivity index (χ3v) is 4.40. The number of nitrogens with two attached hydrogens (primary N) is 1. The highest BCUT2D eigenvalue weighted by atomic mass is 16.5. The first-order valence-corrected chi connectivity index (χ1v) is 8.26. The molecule has 0 aromatic heterocycles. The van der Waals surface area contributed by atoms with Gasteiger partial charge in [0.1, 0.15) is 5.75 Å². The molecule has 0 radical (unpaired) electrons. The number of amides is 1. The Labute approximate surface area is 139 Å². The summed E-state index contributed by atoms with van der Waals surface area (Å²) in [6, 6.07) is 7.69. The highest BCUT2D eigenvalue weighted by molar-refractivity contribution is 5.82. The Hall–Kier alpha value is -1.75. The van der Waals surface area contributed by atoms with Gasteiger partial charge in [-0.2, -0.15) is 0 Å². The van der Waals surface area contributed by atoms with E-state index in [9.17, 15) is 4.79 Å². The minimum Gasteiger partial charge on any atom is -0.497 e. The topological polar surface area (TPSA) is 67.6 Å². The summed E-state index contributed by atoms with van der Waals surface area (Å²) in [4.78, 5) is 14.6. The van der Waals surface area contributed by atoms with Crippen LogP contribution in [0.1, 0.15) is 33.6 Å². The maximum Gasteiger partial charge on any atom is 0.237 e. The lowest BCUT2D eigenvalue weighted by Crippen LogP contribution is -2.55. The molecule has 0 spiro atoms. The summed E-state index contributed by atoms with van der Waals surface area (Å²) in [5.41, 5.74) is 6.95. The number of nitrogens with one attached hydrogen (secondary N) is 1. The van der Waals surface area contributed by atoms with Crippen LogP contribution in [0.15, 0.2) is 24.3 Å². The Balaban J connectivity index is 1.99. The fourth-order valence-electron chi connectivity index (χ4n) is 2.82. The molecule has 1 amide bonds. The van der Waals surface area contributed by atoms with Gasteiger partial charge in [-0.05, 0) is 30.4 Å². The van der Waals surface area contributed by atoms with E-state index >= 15 is 0 Å². The summed E-state index contributed by atoms with van der Waals surface area (Å²) in [7, 11) is 1.67. The van der Waals surface area contributed by atoms with Crippen LogP contribution < -0.4 is 20.7 Å². The van der Waals surface area contributed by atoms with E-state index in [1.165, 1.54) is 0 Å². The van der Waals surface area contributed by atoms with Crippen molar-refractivity contribution in [2.75, 3.05) is 25.1 Å². The highest BCUT2D eigenvalue weighted by Gasteiger charge is 2.30. The monoisotopic (exact) mass is 319 g/mol. The molecule has 1 aromatic carbocycles. The zero-order valence-corrected chi connectivity index (χ0v) is 14.6. The van der Waals surface area contributed by atoms with E-state index in [2.05, 4.69) is 16.3 Å². The number of piperidine rings is 1. The van der Waals surface area contributed by atoms with Crippen LogP contribution in [0.25, 0.3) is 0 Å². The number of benzene rings is 1. The average Bonchev–Trinajstić information content (AvgIpc) is 2.53. The molecular weight excluding hydrogens is 290 g/mol. The van der Waals surface area contributed by atoms with Crippen molar-refractivity contribution in [1.29, 1.82) is 0 Å². The van der Waals surface area contributed by atoms with E-state index in [1.54, 1.807) is 7.11 Å². The molecule has 1 aliphatic heterocycles. The summed E-state index contributed by atoms with van der Waals surface area (Å²) in [6.45, 7) is 7.75. The van der Waals surface area contributed by atoms with Crippen LogP contribution in [0.2, 0.25) is 0 Å². The Morgan fingerprint density at radius 2 is 2.17 bits per heavy atom. The SMILES string of the molecule is COc1cccc(N2CCCC(NC(=O)[C@@H](N)C(C)(C)C)C2)c1. The summed E-state index contributed by atoms with van der Waals surface area (Å²) >= 11 is 0. The van der Waals surface area contributed by atoms with E-state index in [-0.39, 0.29) is 17.4 Å². The highest BCUT2D eigenvalue weighted by Crippen LogP contribution is 2.24. The molecule has 2 rings (SSSR count). The van der Waals surface area contributed by atoms with Gasteiger partial charge in [-0.15, -0.1) is 0 Å². The molecule has 1 fully saturated rings. The van der Waals surface area contributed by atoms with Crippen molar-refractivity contribution in [3.05, 3.63) is 24.3 Å². The van der Waals surface area contributed by atoms with E-state index in [0.29, 0.717) is 0 Å². The van der Waals surface area contributed by atoms with Gasteiger partial charge in [0.25, 0.3) is 0 Å². The van der Waals surface area contributed by atoms with Gasteiger partial charge in [0, 0.05) is 30.9 Å². The Bertz CT molecular complexity index is 539. The third-order valence-electron chi connectivity index (χ3n) is 4.40. The summed E-state index contributed by atoms with van der Waals surface area (Å²) in [5.74, 6) is 0.790. The van der Waals surface area contributed by atoms with Crippen LogP contribution in [0.5, 0.6) is 5.75 Å². The van der Waals surface area contributed by atoms with Gasteiger partial charge >= 0.3 is 0 Å². The second-order valence-electron chi connectivity index (χ2n) is 7.34. The Morgan fingerprint density at radius 1 is 1.43 bits per heavy atom. The number of rotatable bonds is 4. The van der Waals surface area contributed by atoms with Gasteiger partial charge < -0.3 is 20.7 Å². The summed E-state index contributed by atoms with van der Waals surface area (Å²) < 4.78 is 5.29. The standard InChI is InChI=1S/C18H29N3O2/c1-18(2,3)16(19)17(22)20-13-7-6-10-21(12-13)14-8-5-9-15(11-14)23-4/h5,8-9,11,13,16H,6-7,10,12,19H2,1-4H3,(H,20,22)/t13?,16-/m1/s1. The Kier molecular flexibility index (Phi) is 5.52. The largest absolute Gasteiger partial charge is 0.497 e. The van der Waals surface area contributed by atoms with Crippen molar-refractivity contribution in [2.24, 2.45) is 11.1 Å². The number of anilines is 1. The first-order valence-electron chi connectivity index (χ1n) is 8.26. The molecule has 2 atom stereocenters. The summed E-state index contributed by atoms with van der Waals surface area (Å²) in [5, 5.41) is 3.12. The number of carbonyl (C=O) groups is 1. The van der Waals surface area contributed by atoms with Gasteiger partial charge in [-0.25, -0.2) is 0 Å². The number of carbonyl (C=O) groups excluding carboxylic acids is 1. The van der Waals surface area contributed by atoms with Crippen LogP contribution >= 0.6 is 0 Å². The first kappa shape index (κ1) is 17.6. The first-order chi connectivity index (χ1) is 10.8. The number of methoxy groups -OCH3 is 1. The third kappa shape index (κ3) is 4.61. The molecule has 1 saturated heterocycles. The van der Waals surface area contributed by atoms with Crippen LogP contribution in [-0.4, -0.2) is 38.2 Å². The van der Waals surface area contributed by atoms with Gasteiger partial charge in [0.15, 0.2) is 0 Å². The van der Waals surface area contributed by atoms with Crippen molar-refractivity contribution in [2.45, 2.75) is 45.7 Å². The summed E-state index contributed by atoms with van der Waals surface area (Å²) in [6.07, 6.45) is 2.04. The molecule has 0 aliphatic carbocycles. The average molecular weight is 319 g/mol. The molecule has 0 bridgehead atoms. The molecule has 128 valence electrons. The molecule has 5 heteroatoms. The van der Waals surface area contributed by atoms with Crippen molar-refractivity contribution in [1.82, 2.24) is 5.32 Å². The van der Waals surface area contributed by atoms with Crippen LogP contribution in [0.3, 0.4) is 0 Å². The van der Waals surface area contributed by atoms with Crippen molar-refractivity contribution in [3.8, 4) is 5.75 Å². The minimum atomic E-state index is -0.491. The second kappa shape index (κ2) is 7.21. The number of ether oxygens (including phenoxy) is 1. The Morgan fingerprint density at radius 3 is 2.83 bits per heavy atom.